The highest BCUT2D eigenvalue weighted by molar-refractivity contribution is 7.16. The van der Waals surface area contributed by atoms with Crippen molar-refractivity contribution >= 4 is 34.2 Å². The number of carbonyl (C=O) groups is 3. The fourth-order valence-corrected chi connectivity index (χ4v) is 3.49. The minimum atomic E-state index is -0.608. The summed E-state index contributed by atoms with van der Waals surface area (Å²) in [5.74, 6) is -1.45. The average molecular weight is 419 g/mol. The molecule has 0 bridgehead atoms. The number of methoxy groups -OCH3 is 1. The van der Waals surface area contributed by atoms with Crippen molar-refractivity contribution in [3.8, 4) is 0 Å². The molecule has 1 aromatic carbocycles. The van der Waals surface area contributed by atoms with Crippen LogP contribution in [-0.2, 0) is 25.6 Å². The summed E-state index contributed by atoms with van der Waals surface area (Å²) in [6.45, 7) is 5.92. The van der Waals surface area contributed by atoms with Gasteiger partial charge in [-0.3, -0.25) is 4.79 Å². The van der Waals surface area contributed by atoms with E-state index >= 15 is 0 Å². The Hall–Kier alpha value is -2.71. The quantitative estimate of drug-likeness (QED) is 0.618. The monoisotopic (exact) mass is 419 g/mol. The Balaban J connectivity index is 1.99. The number of hydrogen-bond acceptors (Lipinski definition) is 7. The number of nitrogens with one attached hydrogen (secondary N) is 1. The Morgan fingerprint density at radius 1 is 1.07 bits per heavy atom. The second-order valence-corrected chi connectivity index (χ2v) is 7.60. The molecule has 0 spiro atoms. The summed E-state index contributed by atoms with van der Waals surface area (Å²) in [6.07, 6.45) is 0. The van der Waals surface area contributed by atoms with Crippen molar-refractivity contribution in [2.75, 3.05) is 25.6 Å². The van der Waals surface area contributed by atoms with E-state index in [-0.39, 0.29) is 12.5 Å². The molecule has 29 heavy (non-hydrogen) atoms. The molecule has 0 fully saturated rings. The van der Waals surface area contributed by atoms with Crippen molar-refractivity contribution in [3.05, 3.63) is 51.9 Å². The molecule has 2 rings (SSSR count). The number of carbonyl (C=O) groups excluding carboxylic acids is 3. The molecule has 7 nitrogen and oxygen atoms in total. The van der Waals surface area contributed by atoms with Gasteiger partial charge in [0.1, 0.15) is 5.00 Å². The number of esters is 2. The summed E-state index contributed by atoms with van der Waals surface area (Å²) in [4.78, 5) is 37.5. The normalized spacial score (nSPS) is 10.7. The van der Waals surface area contributed by atoms with E-state index < -0.39 is 24.5 Å². The summed E-state index contributed by atoms with van der Waals surface area (Å²) >= 11 is 1.30. The smallest absolute Gasteiger partial charge is 0.341 e. The topological polar surface area (TPSA) is 90.9 Å². The molecule has 0 aliphatic carbocycles. The molecule has 1 heterocycles. The standard InChI is InChI=1S/C21H25NO6S/c1-5-27-21(25)16-10-17(13(2)3)29-19(16)22-18(23)12-28-20(24)15-8-6-14(7-9-15)11-26-4/h6-10,13H,5,11-12H2,1-4H3,(H,22,23). The van der Waals surface area contributed by atoms with Crippen LogP contribution in [0.15, 0.2) is 30.3 Å². The highest BCUT2D eigenvalue weighted by Gasteiger charge is 2.21. The molecule has 0 aliphatic heterocycles. The summed E-state index contributed by atoms with van der Waals surface area (Å²) in [5, 5.41) is 3.03. The number of benzene rings is 1. The second-order valence-electron chi connectivity index (χ2n) is 6.52. The van der Waals surface area contributed by atoms with Crippen LogP contribution in [0.2, 0.25) is 0 Å². The van der Waals surface area contributed by atoms with Crippen molar-refractivity contribution in [2.24, 2.45) is 0 Å². The zero-order valence-corrected chi connectivity index (χ0v) is 17.8. The van der Waals surface area contributed by atoms with E-state index in [0.29, 0.717) is 22.7 Å². The fraction of sp³-hybridized carbons (Fsp3) is 0.381. The molecule has 0 radical (unpaired) electrons. The maximum atomic E-state index is 12.2. The van der Waals surface area contributed by atoms with Gasteiger partial charge in [0.05, 0.1) is 24.3 Å². The largest absolute Gasteiger partial charge is 0.462 e. The lowest BCUT2D eigenvalue weighted by Gasteiger charge is -2.08. The van der Waals surface area contributed by atoms with Crippen LogP contribution < -0.4 is 5.32 Å². The van der Waals surface area contributed by atoms with Crippen molar-refractivity contribution in [1.82, 2.24) is 0 Å². The third-order valence-corrected chi connectivity index (χ3v) is 5.25. The van der Waals surface area contributed by atoms with Crippen LogP contribution in [0.4, 0.5) is 5.00 Å². The Morgan fingerprint density at radius 2 is 1.76 bits per heavy atom. The van der Waals surface area contributed by atoms with Crippen LogP contribution in [0, 0.1) is 0 Å². The van der Waals surface area contributed by atoms with E-state index in [1.165, 1.54) is 11.3 Å². The molecule has 1 N–H and O–H groups in total. The van der Waals surface area contributed by atoms with Gasteiger partial charge in [0.2, 0.25) is 0 Å². The highest BCUT2D eigenvalue weighted by Crippen LogP contribution is 2.33. The first-order chi connectivity index (χ1) is 13.8. The molecule has 8 heteroatoms. The van der Waals surface area contributed by atoms with E-state index in [2.05, 4.69) is 5.32 Å². The number of thiophene rings is 1. The molecule has 0 saturated heterocycles. The zero-order chi connectivity index (χ0) is 21.4. The van der Waals surface area contributed by atoms with Crippen molar-refractivity contribution in [1.29, 1.82) is 0 Å². The maximum Gasteiger partial charge on any atom is 0.341 e. The van der Waals surface area contributed by atoms with E-state index in [9.17, 15) is 14.4 Å². The summed E-state index contributed by atoms with van der Waals surface area (Å²) < 4.78 is 15.1. The van der Waals surface area contributed by atoms with Crippen molar-refractivity contribution in [3.63, 3.8) is 0 Å². The Kier molecular flexibility index (Phi) is 8.35. The van der Waals surface area contributed by atoms with Gasteiger partial charge in [-0.25, -0.2) is 9.59 Å². The third-order valence-electron chi connectivity index (χ3n) is 3.90. The van der Waals surface area contributed by atoms with E-state index in [0.717, 1.165) is 10.4 Å². The second kappa shape index (κ2) is 10.7. The molecule has 1 aromatic heterocycles. The molecule has 1 amide bonds. The van der Waals surface area contributed by atoms with Crippen LogP contribution in [0.5, 0.6) is 0 Å². The molecular weight excluding hydrogens is 394 g/mol. The third kappa shape index (κ3) is 6.40. The van der Waals surface area contributed by atoms with Crippen LogP contribution in [0.25, 0.3) is 0 Å². The first-order valence-electron chi connectivity index (χ1n) is 9.21. The van der Waals surface area contributed by atoms with Gasteiger partial charge in [-0.05, 0) is 36.6 Å². The SMILES string of the molecule is CCOC(=O)c1cc(C(C)C)sc1NC(=O)COC(=O)c1ccc(COC)cc1. The van der Waals surface area contributed by atoms with Gasteiger partial charge < -0.3 is 19.5 Å². The van der Waals surface area contributed by atoms with Gasteiger partial charge in [0, 0.05) is 12.0 Å². The van der Waals surface area contributed by atoms with Crippen molar-refractivity contribution < 1.29 is 28.6 Å². The molecule has 0 unspecified atom stereocenters. The molecule has 0 atom stereocenters. The lowest BCUT2D eigenvalue weighted by atomic mass is 10.1. The zero-order valence-electron chi connectivity index (χ0n) is 16.9. The Bertz CT molecular complexity index is 857. The predicted molar refractivity (Wildman–Crippen MR) is 110 cm³/mol. The lowest BCUT2D eigenvalue weighted by molar-refractivity contribution is -0.119. The minimum absolute atomic E-state index is 0.192. The van der Waals surface area contributed by atoms with Gasteiger partial charge in [0.15, 0.2) is 6.61 Å². The number of ether oxygens (including phenoxy) is 3. The van der Waals surface area contributed by atoms with Gasteiger partial charge in [-0.1, -0.05) is 26.0 Å². The van der Waals surface area contributed by atoms with Crippen LogP contribution in [0.1, 0.15) is 57.8 Å². The summed E-state index contributed by atoms with van der Waals surface area (Å²) in [6, 6.07) is 8.45. The Labute approximate surface area is 174 Å². The number of amides is 1. The van der Waals surface area contributed by atoms with Gasteiger partial charge in [-0.2, -0.15) is 0 Å². The van der Waals surface area contributed by atoms with E-state index in [4.69, 9.17) is 14.2 Å². The number of hydrogen-bond donors (Lipinski definition) is 1. The van der Waals surface area contributed by atoms with Crippen LogP contribution in [-0.4, -0.2) is 38.2 Å². The molecular formula is C21H25NO6S. The van der Waals surface area contributed by atoms with Crippen LogP contribution in [0.3, 0.4) is 0 Å². The number of anilines is 1. The summed E-state index contributed by atoms with van der Waals surface area (Å²) in [5.41, 5.74) is 1.56. The first kappa shape index (κ1) is 22.6. The highest BCUT2D eigenvalue weighted by atomic mass is 32.1. The Morgan fingerprint density at radius 3 is 2.34 bits per heavy atom. The molecule has 156 valence electrons. The van der Waals surface area contributed by atoms with E-state index in [1.54, 1.807) is 44.4 Å². The lowest BCUT2D eigenvalue weighted by Crippen LogP contribution is -2.21. The van der Waals surface area contributed by atoms with Crippen LogP contribution >= 0.6 is 11.3 Å². The fourth-order valence-electron chi connectivity index (χ4n) is 2.43. The minimum Gasteiger partial charge on any atom is -0.462 e. The summed E-state index contributed by atoms with van der Waals surface area (Å²) in [7, 11) is 1.59. The number of rotatable bonds is 9. The van der Waals surface area contributed by atoms with Crippen molar-refractivity contribution in [2.45, 2.75) is 33.3 Å². The van der Waals surface area contributed by atoms with Gasteiger partial charge in [-0.15, -0.1) is 11.3 Å². The molecule has 0 saturated carbocycles. The predicted octanol–water partition coefficient (Wildman–Crippen LogP) is 3.99. The maximum absolute atomic E-state index is 12.2. The average Bonchev–Trinajstić information content (AvgIpc) is 3.11. The van der Waals surface area contributed by atoms with E-state index in [1.807, 2.05) is 13.8 Å². The molecule has 2 aromatic rings. The van der Waals surface area contributed by atoms with Gasteiger partial charge in [0.25, 0.3) is 5.91 Å². The molecule has 0 aliphatic rings. The first-order valence-corrected chi connectivity index (χ1v) is 10.0. The van der Waals surface area contributed by atoms with Gasteiger partial charge >= 0.3 is 11.9 Å².